The average Bonchev–Trinajstić information content (AvgIpc) is 2.54. The molecule has 0 saturated carbocycles. The van der Waals surface area contributed by atoms with Crippen molar-refractivity contribution in [2.45, 2.75) is 16.4 Å². The SMILES string of the molecule is O=S(c1ccccc1)c1cc(CO)c2ccccc2c1. The predicted octanol–water partition coefficient (Wildman–Crippen LogP) is 3.50. The molecule has 100 valence electrons. The van der Waals surface area contributed by atoms with E-state index in [-0.39, 0.29) is 6.61 Å². The molecule has 0 spiro atoms. The van der Waals surface area contributed by atoms with Gasteiger partial charge < -0.3 is 5.11 Å². The molecule has 0 radical (unpaired) electrons. The lowest BCUT2D eigenvalue weighted by molar-refractivity contribution is 0.283. The Balaban J connectivity index is 2.15. The van der Waals surface area contributed by atoms with Crippen LogP contribution in [-0.2, 0) is 17.4 Å². The van der Waals surface area contributed by atoms with Crippen molar-refractivity contribution in [2.24, 2.45) is 0 Å². The average molecular weight is 282 g/mol. The first-order valence-corrected chi connectivity index (χ1v) is 7.54. The topological polar surface area (TPSA) is 37.3 Å². The maximum Gasteiger partial charge on any atom is 0.0849 e. The fourth-order valence-electron chi connectivity index (χ4n) is 2.28. The van der Waals surface area contributed by atoms with E-state index in [0.717, 1.165) is 26.1 Å². The van der Waals surface area contributed by atoms with Crippen LogP contribution in [-0.4, -0.2) is 9.32 Å². The lowest BCUT2D eigenvalue weighted by Crippen LogP contribution is -1.96. The summed E-state index contributed by atoms with van der Waals surface area (Å²) in [6.45, 7) is -0.0552. The van der Waals surface area contributed by atoms with E-state index in [1.807, 2.05) is 66.7 Å². The van der Waals surface area contributed by atoms with E-state index in [1.54, 1.807) is 0 Å². The Labute approximate surface area is 120 Å². The third-order valence-electron chi connectivity index (χ3n) is 3.26. The summed E-state index contributed by atoms with van der Waals surface area (Å²) in [6, 6.07) is 20.9. The van der Waals surface area contributed by atoms with Gasteiger partial charge in [0, 0.05) is 9.79 Å². The summed E-state index contributed by atoms with van der Waals surface area (Å²) in [4.78, 5) is 1.49. The Morgan fingerprint density at radius 3 is 2.30 bits per heavy atom. The van der Waals surface area contributed by atoms with Gasteiger partial charge in [0.1, 0.15) is 0 Å². The van der Waals surface area contributed by atoms with Crippen LogP contribution >= 0.6 is 0 Å². The predicted molar refractivity (Wildman–Crippen MR) is 81.0 cm³/mol. The zero-order chi connectivity index (χ0) is 13.9. The summed E-state index contributed by atoms with van der Waals surface area (Å²) < 4.78 is 12.6. The van der Waals surface area contributed by atoms with Crippen LogP contribution in [0.3, 0.4) is 0 Å². The van der Waals surface area contributed by atoms with E-state index in [1.165, 1.54) is 0 Å². The largest absolute Gasteiger partial charge is 0.392 e. The molecule has 2 nitrogen and oxygen atoms in total. The van der Waals surface area contributed by atoms with Crippen molar-refractivity contribution in [1.82, 2.24) is 0 Å². The van der Waals surface area contributed by atoms with Gasteiger partial charge in [-0.1, -0.05) is 42.5 Å². The second kappa shape index (κ2) is 5.57. The van der Waals surface area contributed by atoms with E-state index in [0.29, 0.717) is 0 Å². The van der Waals surface area contributed by atoms with Crippen LogP contribution in [0.1, 0.15) is 5.56 Å². The van der Waals surface area contributed by atoms with Gasteiger partial charge in [-0.15, -0.1) is 0 Å². The van der Waals surface area contributed by atoms with Crippen molar-refractivity contribution in [1.29, 1.82) is 0 Å². The number of benzene rings is 3. The third kappa shape index (κ3) is 2.38. The van der Waals surface area contributed by atoms with Gasteiger partial charge in [0.2, 0.25) is 0 Å². The molecule has 20 heavy (non-hydrogen) atoms. The fourth-order valence-corrected chi connectivity index (χ4v) is 3.44. The highest BCUT2D eigenvalue weighted by molar-refractivity contribution is 7.85. The Morgan fingerprint density at radius 2 is 1.55 bits per heavy atom. The summed E-state index contributed by atoms with van der Waals surface area (Å²) in [5.41, 5.74) is 0.808. The van der Waals surface area contributed by atoms with Gasteiger partial charge >= 0.3 is 0 Å². The molecule has 1 N–H and O–H groups in total. The molecule has 3 aromatic carbocycles. The maximum atomic E-state index is 12.6. The van der Waals surface area contributed by atoms with Crippen LogP contribution in [0, 0.1) is 0 Å². The molecule has 3 rings (SSSR count). The van der Waals surface area contributed by atoms with Crippen molar-refractivity contribution < 1.29 is 9.32 Å². The minimum Gasteiger partial charge on any atom is -0.392 e. The van der Waals surface area contributed by atoms with Gasteiger partial charge in [-0.3, -0.25) is 0 Å². The standard InChI is InChI=1S/C17H14O2S/c18-12-14-11-16(10-13-6-4-5-9-17(13)14)20(19)15-7-2-1-3-8-15/h1-11,18H,12H2. The molecule has 0 aliphatic carbocycles. The smallest absolute Gasteiger partial charge is 0.0849 e. The van der Waals surface area contributed by atoms with Crippen LogP contribution in [0.5, 0.6) is 0 Å². The molecule has 0 aliphatic rings. The highest BCUT2D eigenvalue weighted by atomic mass is 32.2. The zero-order valence-electron chi connectivity index (χ0n) is 10.8. The zero-order valence-corrected chi connectivity index (χ0v) is 11.6. The maximum absolute atomic E-state index is 12.6. The first-order chi connectivity index (χ1) is 9.79. The Morgan fingerprint density at radius 1 is 0.850 bits per heavy atom. The molecule has 1 atom stereocenters. The highest BCUT2D eigenvalue weighted by Gasteiger charge is 2.10. The lowest BCUT2D eigenvalue weighted by atomic mass is 10.1. The molecule has 0 aliphatic heterocycles. The summed E-state index contributed by atoms with van der Waals surface area (Å²) in [5.74, 6) is 0. The van der Waals surface area contributed by atoms with Crippen molar-refractivity contribution >= 4 is 21.6 Å². The number of aliphatic hydroxyl groups excluding tert-OH is 1. The fraction of sp³-hybridized carbons (Fsp3) is 0.0588. The quantitative estimate of drug-likeness (QED) is 0.798. The normalized spacial score (nSPS) is 12.4. The monoisotopic (exact) mass is 282 g/mol. The Kier molecular flexibility index (Phi) is 3.63. The van der Waals surface area contributed by atoms with Gasteiger partial charge in [0.25, 0.3) is 0 Å². The summed E-state index contributed by atoms with van der Waals surface area (Å²) in [6.07, 6.45) is 0. The van der Waals surface area contributed by atoms with Crippen LogP contribution in [0.25, 0.3) is 10.8 Å². The molecule has 0 aromatic heterocycles. The molecule has 0 amide bonds. The molecule has 0 saturated heterocycles. The molecule has 0 bridgehead atoms. The Hall–Kier alpha value is -1.97. The summed E-state index contributed by atoms with van der Waals surface area (Å²) in [7, 11) is -1.23. The molecular weight excluding hydrogens is 268 g/mol. The van der Waals surface area contributed by atoms with Crippen LogP contribution < -0.4 is 0 Å². The van der Waals surface area contributed by atoms with E-state index >= 15 is 0 Å². The number of hydrogen-bond donors (Lipinski definition) is 1. The molecular formula is C17H14O2S. The number of hydrogen-bond acceptors (Lipinski definition) is 2. The molecule has 3 heteroatoms. The van der Waals surface area contributed by atoms with Gasteiger partial charge in [-0.05, 0) is 40.6 Å². The van der Waals surface area contributed by atoms with Crippen molar-refractivity contribution in [3.8, 4) is 0 Å². The second-order valence-corrected chi connectivity index (χ2v) is 6.02. The van der Waals surface area contributed by atoms with E-state index in [9.17, 15) is 9.32 Å². The number of fused-ring (bicyclic) bond motifs is 1. The molecule has 1 unspecified atom stereocenters. The van der Waals surface area contributed by atoms with Crippen molar-refractivity contribution in [3.63, 3.8) is 0 Å². The van der Waals surface area contributed by atoms with Gasteiger partial charge in [-0.25, -0.2) is 4.21 Å². The van der Waals surface area contributed by atoms with Crippen LogP contribution in [0.2, 0.25) is 0 Å². The molecule has 0 heterocycles. The van der Waals surface area contributed by atoms with Crippen molar-refractivity contribution in [3.05, 3.63) is 72.3 Å². The van der Waals surface area contributed by atoms with Crippen LogP contribution in [0.15, 0.2) is 76.5 Å². The summed E-state index contributed by atoms with van der Waals surface area (Å²) in [5, 5.41) is 11.5. The first-order valence-electron chi connectivity index (χ1n) is 6.39. The minimum atomic E-state index is -1.23. The second-order valence-electron chi connectivity index (χ2n) is 4.54. The molecule has 3 aromatic rings. The van der Waals surface area contributed by atoms with Gasteiger partial charge in [0.05, 0.1) is 17.4 Å². The van der Waals surface area contributed by atoms with Gasteiger partial charge in [0.15, 0.2) is 0 Å². The number of rotatable bonds is 3. The number of aliphatic hydroxyl groups is 1. The first kappa shape index (κ1) is 13.0. The Bertz CT molecular complexity index is 766. The van der Waals surface area contributed by atoms with Crippen LogP contribution in [0.4, 0.5) is 0 Å². The van der Waals surface area contributed by atoms with E-state index < -0.39 is 10.8 Å². The summed E-state index contributed by atoms with van der Waals surface area (Å²) >= 11 is 0. The lowest BCUT2D eigenvalue weighted by Gasteiger charge is -2.08. The molecule has 0 fully saturated rings. The van der Waals surface area contributed by atoms with Gasteiger partial charge in [-0.2, -0.15) is 0 Å². The van der Waals surface area contributed by atoms with Crippen molar-refractivity contribution in [2.75, 3.05) is 0 Å². The highest BCUT2D eigenvalue weighted by Crippen LogP contribution is 2.25. The van der Waals surface area contributed by atoms with E-state index in [2.05, 4.69) is 0 Å². The van der Waals surface area contributed by atoms with E-state index in [4.69, 9.17) is 0 Å². The minimum absolute atomic E-state index is 0.0552. The third-order valence-corrected chi connectivity index (χ3v) is 4.63.